The highest BCUT2D eigenvalue weighted by Crippen LogP contribution is 2.34. The second kappa shape index (κ2) is 8.04. The number of amides is 1. The van der Waals surface area contributed by atoms with Gasteiger partial charge in [0, 0.05) is 17.1 Å². The van der Waals surface area contributed by atoms with Crippen LogP contribution in [-0.4, -0.2) is 33.8 Å². The predicted molar refractivity (Wildman–Crippen MR) is 115 cm³/mol. The highest BCUT2D eigenvalue weighted by molar-refractivity contribution is 7.90. The molecule has 0 saturated heterocycles. The zero-order valence-corrected chi connectivity index (χ0v) is 18.1. The van der Waals surface area contributed by atoms with E-state index in [-0.39, 0.29) is 10.5 Å². The van der Waals surface area contributed by atoms with Crippen molar-refractivity contribution < 1.29 is 17.9 Å². The van der Waals surface area contributed by atoms with E-state index in [1.165, 1.54) is 13.2 Å². The molecule has 2 aromatic carbocycles. The van der Waals surface area contributed by atoms with E-state index in [1.54, 1.807) is 37.3 Å². The summed E-state index contributed by atoms with van der Waals surface area (Å²) < 4.78 is 34.3. The standard InChI is InChI=1S/C20H22ClN3O4S/c1-12(2)11-24-13(3)23-29(26,27)19-9-14(5-7-17(19)24)20(25)22-16-10-15(21)6-8-18(16)28-4/h5-10,12H,11H2,1-4H3,(H,22,25). The largest absolute Gasteiger partial charge is 0.495 e. The highest BCUT2D eigenvalue weighted by Gasteiger charge is 2.30. The number of methoxy groups -OCH3 is 1. The molecule has 0 aromatic heterocycles. The average molecular weight is 436 g/mol. The topological polar surface area (TPSA) is 88.1 Å². The van der Waals surface area contributed by atoms with Crippen molar-refractivity contribution in [1.29, 1.82) is 0 Å². The van der Waals surface area contributed by atoms with Gasteiger partial charge in [0.05, 0.1) is 18.5 Å². The van der Waals surface area contributed by atoms with Gasteiger partial charge in [-0.3, -0.25) is 4.79 Å². The molecule has 1 amide bonds. The molecule has 0 aliphatic carbocycles. The maximum atomic E-state index is 12.8. The summed E-state index contributed by atoms with van der Waals surface area (Å²) in [6, 6.07) is 9.41. The molecule has 0 saturated carbocycles. The number of hydrogen-bond acceptors (Lipinski definition) is 5. The van der Waals surface area contributed by atoms with Crippen LogP contribution in [0.4, 0.5) is 11.4 Å². The molecule has 154 valence electrons. The molecule has 1 aliphatic heterocycles. The molecule has 7 nitrogen and oxygen atoms in total. The van der Waals surface area contributed by atoms with Crippen LogP contribution in [0.15, 0.2) is 45.7 Å². The Hall–Kier alpha value is -2.58. The minimum atomic E-state index is -3.89. The number of ether oxygens (including phenoxy) is 1. The molecule has 2 aromatic rings. The molecule has 1 heterocycles. The fourth-order valence-electron chi connectivity index (χ4n) is 3.10. The zero-order chi connectivity index (χ0) is 21.3. The van der Waals surface area contributed by atoms with Gasteiger partial charge >= 0.3 is 0 Å². The number of hydrogen-bond donors (Lipinski definition) is 1. The number of nitrogens with zero attached hydrogens (tertiary/aromatic N) is 2. The minimum absolute atomic E-state index is 0.00876. The lowest BCUT2D eigenvalue weighted by Crippen LogP contribution is -2.36. The summed E-state index contributed by atoms with van der Waals surface area (Å²) in [6.07, 6.45) is 0. The first-order chi connectivity index (χ1) is 13.6. The second-order valence-electron chi connectivity index (χ2n) is 7.10. The minimum Gasteiger partial charge on any atom is -0.495 e. The Morgan fingerprint density at radius 2 is 1.97 bits per heavy atom. The summed E-state index contributed by atoms with van der Waals surface area (Å²) in [7, 11) is -2.41. The van der Waals surface area contributed by atoms with Crippen LogP contribution < -0.4 is 15.0 Å². The Bertz CT molecular complexity index is 1100. The Labute approximate surface area is 175 Å². The first-order valence-electron chi connectivity index (χ1n) is 9.00. The molecular formula is C20H22ClN3O4S. The molecule has 0 unspecified atom stereocenters. The van der Waals surface area contributed by atoms with Crippen molar-refractivity contribution in [1.82, 2.24) is 0 Å². The van der Waals surface area contributed by atoms with Crippen LogP contribution >= 0.6 is 11.6 Å². The van der Waals surface area contributed by atoms with Crippen molar-refractivity contribution in [3.8, 4) is 5.75 Å². The summed E-state index contributed by atoms with van der Waals surface area (Å²) in [5, 5.41) is 3.15. The van der Waals surface area contributed by atoms with Gasteiger partial charge in [-0.1, -0.05) is 25.4 Å². The lowest BCUT2D eigenvalue weighted by molar-refractivity contribution is 0.102. The molecule has 0 radical (unpaired) electrons. The van der Waals surface area contributed by atoms with Gasteiger partial charge in [0.1, 0.15) is 16.5 Å². The van der Waals surface area contributed by atoms with Gasteiger partial charge in [-0.2, -0.15) is 8.42 Å². The molecule has 1 aliphatic rings. The Balaban J connectivity index is 1.99. The highest BCUT2D eigenvalue weighted by atomic mass is 35.5. The number of carbonyl (C=O) groups excluding carboxylic acids is 1. The van der Waals surface area contributed by atoms with Gasteiger partial charge in [-0.15, -0.1) is 4.40 Å². The number of halogens is 1. The Kier molecular flexibility index (Phi) is 5.86. The van der Waals surface area contributed by atoms with Crippen molar-refractivity contribution in [2.24, 2.45) is 10.3 Å². The summed E-state index contributed by atoms with van der Waals surface area (Å²) >= 11 is 6.00. The summed E-state index contributed by atoms with van der Waals surface area (Å²) in [5.74, 6) is 0.668. The van der Waals surface area contributed by atoms with Crippen LogP contribution in [0.3, 0.4) is 0 Å². The quantitative estimate of drug-likeness (QED) is 0.760. The summed E-state index contributed by atoms with van der Waals surface area (Å²) in [5.41, 5.74) is 1.09. The first kappa shape index (κ1) is 21.1. The third-order valence-electron chi connectivity index (χ3n) is 4.39. The number of fused-ring (bicyclic) bond motifs is 1. The van der Waals surface area contributed by atoms with Crippen molar-refractivity contribution >= 4 is 44.7 Å². The molecule has 29 heavy (non-hydrogen) atoms. The number of carbonyl (C=O) groups is 1. The maximum Gasteiger partial charge on any atom is 0.286 e. The van der Waals surface area contributed by atoms with E-state index >= 15 is 0 Å². The number of rotatable bonds is 5. The fourth-order valence-corrected chi connectivity index (χ4v) is 4.53. The van der Waals surface area contributed by atoms with Crippen LogP contribution in [0.25, 0.3) is 0 Å². The van der Waals surface area contributed by atoms with E-state index in [1.807, 2.05) is 18.7 Å². The van der Waals surface area contributed by atoms with E-state index in [0.29, 0.717) is 40.4 Å². The molecule has 0 atom stereocenters. The zero-order valence-electron chi connectivity index (χ0n) is 16.6. The first-order valence-corrected chi connectivity index (χ1v) is 10.8. The second-order valence-corrected chi connectivity index (χ2v) is 9.11. The number of nitrogens with one attached hydrogen (secondary N) is 1. The molecule has 0 bridgehead atoms. The molecule has 0 fully saturated rings. The lowest BCUT2D eigenvalue weighted by Gasteiger charge is -2.30. The molecular weight excluding hydrogens is 414 g/mol. The SMILES string of the molecule is COc1ccc(Cl)cc1NC(=O)c1ccc2c(c1)S(=O)(=O)N=C(C)N2CC(C)C. The predicted octanol–water partition coefficient (Wildman–Crippen LogP) is 4.18. The van der Waals surface area contributed by atoms with Gasteiger partial charge in [0.15, 0.2) is 0 Å². The maximum absolute atomic E-state index is 12.8. The number of amidine groups is 1. The fraction of sp³-hybridized carbons (Fsp3) is 0.300. The van der Waals surface area contributed by atoms with Gasteiger partial charge in [0.2, 0.25) is 0 Å². The number of anilines is 2. The van der Waals surface area contributed by atoms with Gasteiger partial charge in [-0.05, 0) is 49.2 Å². The number of sulfonamides is 1. The van der Waals surface area contributed by atoms with E-state index < -0.39 is 15.9 Å². The van der Waals surface area contributed by atoms with Crippen LogP contribution in [0.1, 0.15) is 31.1 Å². The Morgan fingerprint density at radius 1 is 1.24 bits per heavy atom. The molecule has 3 rings (SSSR count). The van der Waals surface area contributed by atoms with Crippen LogP contribution in [-0.2, 0) is 10.0 Å². The third-order valence-corrected chi connectivity index (χ3v) is 6.01. The van der Waals surface area contributed by atoms with Gasteiger partial charge in [-0.25, -0.2) is 0 Å². The third kappa shape index (κ3) is 4.38. The van der Waals surface area contributed by atoms with E-state index in [9.17, 15) is 13.2 Å². The average Bonchev–Trinajstić information content (AvgIpc) is 2.64. The van der Waals surface area contributed by atoms with Crippen LogP contribution in [0.5, 0.6) is 5.75 Å². The Morgan fingerprint density at radius 3 is 2.62 bits per heavy atom. The van der Waals surface area contributed by atoms with Gasteiger partial charge < -0.3 is 15.0 Å². The summed E-state index contributed by atoms with van der Waals surface area (Å²) in [6.45, 7) is 6.35. The van der Waals surface area contributed by atoms with Crippen molar-refractivity contribution in [3.05, 3.63) is 47.0 Å². The normalized spacial score (nSPS) is 15.0. The van der Waals surface area contributed by atoms with Gasteiger partial charge in [0.25, 0.3) is 15.9 Å². The number of benzene rings is 2. The summed E-state index contributed by atoms with van der Waals surface area (Å²) in [4.78, 5) is 14.6. The van der Waals surface area contributed by atoms with Crippen LogP contribution in [0.2, 0.25) is 5.02 Å². The monoisotopic (exact) mass is 435 g/mol. The molecule has 1 N–H and O–H groups in total. The van der Waals surface area contributed by atoms with E-state index in [2.05, 4.69) is 9.71 Å². The van der Waals surface area contributed by atoms with Crippen molar-refractivity contribution in [2.75, 3.05) is 23.9 Å². The molecule has 9 heteroatoms. The lowest BCUT2D eigenvalue weighted by atomic mass is 10.1. The van der Waals surface area contributed by atoms with E-state index in [0.717, 1.165) is 0 Å². The smallest absolute Gasteiger partial charge is 0.286 e. The van der Waals surface area contributed by atoms with Crippen LogP contribution in [0, 0.1) is 5.92 Å². The van der Waals surface area contributed by atoms with Crippen molar-refractivity contribution in [3.63, 3.8) is 0 Å². The van der Waals surface area contributed by atoms with Crippen molar-refractivity contribution in [2.45, 2.75) is 25.7 Å². The molecule has 0 spiro atoms. The van der Waals surface area contributed by atoms with E-state index in [4.69, 9.17) is 16.3 Å².